The second-order valence-corrected chi connectivity index (χ2v) is 8.94. The van der Waals surface area contributed by atoms with E-state index in [2.05, 4.69) is 20.8 Å². The van der Waals surface area contributed by atoms with Crippen LogP contribution < -0.4 is 5.73 Å². The fourth-order valence-electron chi connectivity index (χ4n) is 2.92. The van der Waals surface area contributed by atoms with Crippen LogP contribution in [-0.2, 0) is 9.53 Å². The molecular weight excluding hydrogens is 238 g/mol. The summed E-state index contributed by atoms with van der Waals surface area (Å²) in [6.45, 7) is 18.0. The van der Waals surface area contributed by atoms with E-state index in [-0.39, 0.29) is 16.9 Å². The number of hydrogen-bond acceptors (Lipinski definition) is 3. The Morgan fingerprint density at radius 1 is 0.895 bits per heavy atom. The van der Waals surface area contributed by atoms with Gasteiger partial charge in [-0.3, -0.25) is 4.79 Å². The Morgan fingerprint density at radius 3 is 1.63 bits per heavy atom. The zero-order valence-electron chi connectivity index (χ0n) is 14.3. The van der Waals surface area contributed by atoms with Crippen LogP contribution in [0.4, 0.5) is 0 Å². The summed E-state index contributed by atoms with van der Waals surface area (Å²) in [6, 6.07) is 0. The first kappa shape index (κ1) is 18.4. The highest BCUT2D eigenvalue weighted by molar-refractivity contribution is 5.76. The van der Waals surface area contributed by atoms with Gasteiger partial charge in [-0.25, -0.2) is 0 Å². The van der Waals surface area contributed by atoms with Crippen molar-refractivity contribution in [1.82, 2.24) is 0 Å². The molecule has 0 heterocycles. The Hall–Kier alpha value is -0.570. The van der Waals surface area contributed by atoms with Crippen LogP contribution in [0.1, 0.15) is 75.2 Å². The third-order valence-electron chi connectivity index (χ3n) is 2.78. The third kappa shape index (κ3) is 8.25. The number of esters is 1. The number of nitrogens with two attached hydrogens (primary N) is 1. The number of rotatable bonds is 5. The summed E-state index contributed by atoms with van der Waals surface area (Å²) in [5.74, 6) is -0.142. The molecule has 0 aromatic carbocycles. The van der Waals surface area contributed by atoms with E-state index in [1.165, 1.54) is 0 Å². The van der Waals surface area contributed by atoms with E-state index < -0.39 is 11.0 Å². The number of hydrogen-bond donors (Lipinski definition) is 1. The van der Waals surface area contributed by atoms with E-state index in [1.54, 1.807) is 0 Å². The van der Waals surface area contributed by atoms with Crippen LogP contribution in [0.3, 0.4) is 0 Å². The Balaban J connectivity index is 4.76. The molecule has 3 heteroatoms. The van der Waals surface area contributed by atoms with E-state index in [4.69, 9.17) is 10.5 Å². The summed E-state index contributed by atoms with van der Waals surface area (Å²) in [7, 11) is 0. The Morgan fingerprint density at radius 2 is 1.32 bits per heavy atom. The molecule has 0 radical (unpaired) electrons. The van der Waals surface area contributed by atoms with Gasteiger partial charge in [0.1, 0.15) is 5.60 Å². The minimum Gasteiger partial charge on any atom is -0.459 e. The normalized spacial score (nSPS) is 14.4. The number of carbonyl (C=O) groups excluding carboxylic acids is 1. The molecule has 114 valence electrons. The van der Waals surface area contributed by atoms with Crippen LogP contribution >= 0.6 is 0 Å². The Bertz CT molecular complexity index is 317. The molecule has 0 fully saturated rings. The highest BCUT2D eigenvalue weighted by Crippen LogP contribution is 2.36. The lowest BCUT2D eigenvalue weighted by molar-refractivity contribution is -0.170. The van der Waals surface area contributed by atoms with Gasteiger partial charge in [-0.05, 0) is 53.4 Å². The van der Waals surface area contributed by atoms with Gasteiger partial charge in [0.25, 0.3) is 0 Å². The molecule has 0 saturated heterocycles. The van der Waals surface area contributed by atoms with Crippen LogP contribution in [0.15, 0.2) is 0 Å². The Kier molecular flexibility index (Phi) is 5.27. The summed E-state index contributed by atoms with van der Waals surface area (Å²) in [4.78, 5) is 12.4. The standard InChI is InChI=1S/C16H33NO2/c1-13(2,3)10-14(4,5)12(18)19-16(8,9)11-15(6,7)17/h10-11,17H2,1-9H3. The lowest BCUT2D eigenvalue weighted by Gasteiger charge is -2.37. The first-order valence-electron chi connectivity index (χ1n) is 7.07. The third-order valence-corrected chi connectivity index (χ3v) is 2.78. The second-order valence-electron chi connectivity index (χ2n) is 8.94. The zero-order valence-corrected chi connectivity index (χ0v) is 14.3. The molecule has 2 N–H and O–H groups in total. The lowest BCUT2D eigenvalue weighted by atomic mass is 9.76. The molecule has 0 aromatic rings. The van der Waals surface area contributed by atoms with Crippen molar-refractivity contribution in [3.05, 3.63) is 0 Å². The van der Waals surface area contributed by atoms with Crippen molar-refractivity contribution in [3.63, 3.8) is 0 Å². The summed E-state index contributed by atoms with van der Waals surface area (Å²) in [5.41, 5.74) is 4.75. The van der Waals surface area contributed by atoms with Crippen LogP contribution in [-0.4, -0.2) is 17.1 Å². The second kappa shape index (κ2) is 5.43. The van der Waals surface area contributed by atoms with Crippen LogP contribution in [0.25, 0.3) is 0 Å². The Labute approximate surface area is 119 Å². The SMILES string of the molecule is CC(C)(C)CC(C)(C)C(=O)OC(C)(C)CC(C)(C)N. The molecule has 0 bridgehead atoms. The quantitative estimate of drug-likeness (QED) is 0.772. The van der Waals surface area contributed by atoms with Crippen molar-refractivity contribution in [3.8, 4) is 0 Å². The predicted octanol–water partition coefficient (Wildman–Crippen LogP) is 3.90. The predicted molar refractivity (Wildman–Crippen MR) is 80.9 cm³/mol. The molecule has 0 unspecified atom stereocenters. The summed E-state index contributed by atoms with van der Waals surface area (Å²) in [6.07, 6.45) is 1.43. The highest BCUT2D eigenvalue weighted by Gasteiger charge is 2.38. The number of carbonyl (C=O) groups is 1. The van der Waals surface area contributed by atoms with Gasteiger partial charge in [-0.15, -0.1) is 0 Å². The maximum atomic E-state index is 12.4. The van der Waals surface area contributed by atoms with Gasteiger partial charge >= 0.3 is 5.97 Å². The largest absolute Gasteiger partial charge is 0.459 e. The van der Waals surface area contributed by atoms with Crippen molar-refractivity contribution < 1.29 is 9.53 Å². The molecule has 0 aromatic heterocycles. The van der Waals surface area contributed by atoms with Crippen molar-refractivity contribution >= 4 is 5.97 Å². The smallest absolute Gasteiger partial charge is 0.312 e. The van der Waals surface area contributed by atoms with Crippen molar-refractivity contribution in [1.29, 1.82) is 0 Å². The molecule has 0 aliphatic heterocycles. The zero-order chi connectivity index (χ0) is 15.7. The topological polar surface area (TPSA) is 52.3 Å². The van der Waals surface area contributed by atoms with Gasteiger partial charge in [0.15, 0.2) is 0 Å². The van der Waals surface area contributed by atoms with Crippen LogP contribution in [0.5, 0.6) is 0 Å². The van der Waals surface area contributed by atoms with Gasteiger partial charge in [0.05, 0.1) is 5.41 Å². The van der Waals surface area contributed by atoms with Crippen molar-refractivity contribution in [2.24, 2.45) is 16.6 Å². The molecular formula is C16H33NO2. The molecule has 3 nitrogen and oxygen atoms in total. The summed E-state index contributed by atoms with van der Waals surface area (Å²) in [5, 5.41) is 0. The van der Waals surface area contributed by atoms with Gasteiger partial charge in [-0.2, -0.15) is 0 Å². The fourth-order valence-corrected chi connectivity index (χ4v) is 2.92. The van der Waals surface area contributed by atoms with E-state index in [0.29, 0.717) is 6.42 Å². The maximum Gasteiger partial charge on any atom is 0.312 e. The van der Waals surface area contributed by atoms with E-state index in [9.17, 15) is 4.79 Å². The molecule has 0 amide bonds. The van der Waals surface area contributed by atoms with Crippen LogP contribution in [0.2, 0.25) is 0 Å². The molecule has 0 aliphatic rings. The average Bonchev–Trinajstić information content (AvgIpc) is 1.91. The van der Waals surface area contributed by atoms with E-state index >= 15 is 0 Å². The van der Waals surface area contributed by atoms with Crippen molar-refractivity contribution in [2.75, 3.05) is 0 Å². The number of ether oxygens (including phenoxy) is 1. The summed E-state index contributed by atoms with van der Waals surface area (Å²) < 4.78 is 5.71. The molecule has 0 aliphatic carbocycles. The monoisotopic (exact) mass is 271 g/mol. The molecule has 0 spiro atoms. The van der Waals surface area contributed by atoms with Gasteiger partial charge in [0.2, 0.25) is 0 Å². The van der Waals surface area contributed by atoms with Gasteiger partial charge in [0, 0.05) is 12.0 Å². The molecule has 19 heavy (non-hydrogen) atoms. The fraction of sp³-hybridized carbons (Fsp3) is 0.938. The van der Waals surface area contributed by atoms with Gasteiger partial charge < -0.3 is 10.5 Å². The highest BCUT2D eigenvalue weighted by atomic mass is 16.6. The van der Waals surface area contributed by atoms with Gasteiger partial charge in [-0.1, -0.05) is 20.8 Å². The van der Waals surface area contributed by atoms with E-state index in [0.717, 1.165) is 6.42 Å². The molecule has 0 rings (SSSR count). The lowest BCUT2D eigenvalue weighted by Crippen LogP contribution is -2.45. The first-order chi connectivity index (χ1) is 8.04. The maximum absolute atomic E-state index is 12.4. The molecule has 0 saturated carbocycles. The molecule has 0 atom stereocenters. The van der Waals surface area contributed by atoms with Crippen LogP contribution in [0, 0.1) is 10.8 Å². The minimum absolute atomic E-state index is 0.0970. The van der Waals surface area contributed by atoms with Crippen molar-refractivity contribution in [2.45, 2.75) is 86.3 Å². The average molecular weight is 271 g/mol. The first-order valence-corrected chi connectivity index (χ1v) is 7.07. The minimum atomic E-state index is -0.537. The van der Waals surface area contributed by atoms with E-state index in [1.807, 2.05) is 41.5 Å². The summed E-state index contributed by atoms with van der Waals surface area (Å²) >= 11 is 0.